The molecule has 0 saturated heterocycles. The average Bonchev–Trinajstić information content (AvgIpc) is 3.44. The van der Waals surface area contributed by atoms with Gasteiger partial charge in [-0.3, -0.25) is 4.99 Å². The minimum Gasteiger partial charge on any atom is -0.435 e. The first-order chi connectivity index (χ1) is 14.5. The van der Waals surface area contributed by atoms with E-state index in [1.54, 1.807) is 18.2 Å². The zero-order chi connectivity index (χ0) is 21.3. The molecule has 0 amide bonds. The highest BCUT2D eigenvalue weighted by Gasteiger charge is 2.28. The van der Waals surface area contributed by atoms with Gasteiger partial charge in [-0.1, -0.05) is 6.08 Å². The largest absolute Gasteiger partial charge is 0.435 e. The van der Waals surface area contributed by atoms with Crippen LogP contribution in [0.1, 0.15) is 36.9 Å². The molecular weight excluding hydrogens is 410 g/mol. The number of rotatable bonds is 6. The number of allylic oxidation sites excluding steroid dienone is 2. The first kappa shape index (κ1) is 20.4. The number of hydrogen-bond donors (Lipinski definition) is 1. The summed E-state index contributed by atoms with van der Waals surface area (Å²) < 4.78 is 43.7. The van der Waals surface area contributed by atoms with Gasteiger partial charge in [0.1, 0.15) is 22.8 Å². The van der Waals surface area contributed by atoms with Gasteiger partial charge in [-0.05, 0) is 49.8 Å². The Hall–Kier alpha value is -2.83. The van der Waals surface area contributed by atoms with Gasteiger partial charge in [0.25, 0.3) is 0 Å². The molecule has 2 heterocycles. The number of ether oxygens (including phenoxy) is 1. The Morgan fingerprint density at radius 3 is 2.87 bits per heavy atom. The predicted octanol–water partition coefficient (Wildman–Crippen LogP) is 4.13. The fourth-order valence-electron chi connectivity index (χ4n) is 3.63. The lowest BCUT2D eigenvalue weighted by molar-refractivity contribution is -0.0497. The molecule has 0 radical (unpaired) electrons. The SMILES string of the molecule is N#Cc1c(C2=NC=C(S(N)=O)C=CCC2)n(CC2CC2)c2cc(OC(F)F)ccc12. The van der Waals surface area contributed by atoms with Crippen LogP contribution < -0.4 is 9.88 Å². The number of nitriles is 1. The summed E-state index contributed by atoms with van der Waals surface area (Å²) in [4.78, 5) is 4.92. The number of nitrogens with zero attached hydrogens (tertiary/aromatic N) is 3. The summed E-state index contributed by atoms with van der Waals surface area (Å²) in [6.45, 7) is -2.26. The lowest BCUT2D eigenvalue weighted by Crippen LogP contribution is -2.13. The number of aliphatic imine (C=N–C) groups is 1. The summed E-state index contributed by atoms with van der Waals surface area (Å²) in [7, 11) is -1.67. The predicted molar refractivity (Wildman–Crippen MR) is 111 cm³/mol. The van der Waals surface area contributed by atoms with E-state index in [2.05, 4.69) is 15.8 Å². The molecule has 1 aliphatic carbocycles. The number of alkyl halides is 2. The van der Waals surface area contributed by atoms with Crippen LogP contribution in [0.3, 0.4) is 0 Å². The Balaban J connectivity index is 1.91. The summed E-state index contributed by atoms with van der Waals surface area (Å²) >= 11 is 0. The van der Waals surface area contributed by atoms with E-state index in [4.69, 9.17) is 5.14 Å². The Morgan fingerprint density at radius 1 is 1.40 bits per heavy atom. The van der Waals surface area contributed by atoms with E-state index >= 15 is 0 Å². The number of fused-ring (bicyclic) bond motifs is 1. The second-order valence-corrected chi connectivity index (χ2v) is 8.36. The van der Waals surface area contributed by atoms with Gasteiger partial charge in [0.05, 0.1) is 27.4 Å². The van der Waals surface area contributed by atoms with E-state index in [9.17, 15) is 18.3 Å². The van der Waals surface area contributed by atoms with E-state index in [1.807, 2.05) is 10.6 Å². The van der Waals surface area contributed by atoms with Crippen molar-refractivity contribution >= 4 is 27.6 Å². The molecule has 2 N–H and O–H groups in total. The van der Waals surface area contributed by atoms with E-state index in [0.717, 1.165) is 12.8 Å². The van der Waals surface area contributed by atoms with Crippen LogP contribution >= 0.6 is 0 Å². The molecule has 30 heavy (non-hydrogen) atoms. The first-order valence-electron chi connectivity index (χ1n) is 9.59. The molecule has 2 aliphatic rings. The summed E-state index contributed by atoms with van der Waals surface area (Å²) in [5.74, 6) is 0.522. The zero-order valence-corrected chi connectivity index (χ0v) is 16.9. The van der Waals surface area contributed by atoms with Crippen LogP contribution in [-0.4, -0.2) is 21.1 Å². The topological polar surface area (TPSA) is 93.4 Å². The number of aromatic nitrogens is 1. The Bertz CT molecular complexity index is 1140. The fourth-order valence-corrected chi connectivity index (χ4v) is 4.02. The van der Waals surface area contributed by atoms with Crippen LogP contribution in [0.4, 0.5) is 8.78 Å². The van der Waals surface area contributed by atoms with Gasteiger partial charge in [-0.25, -0.2) is 9.35 Å². The van der Waals surface area contributed by atoms with E-state index in [0.29, 0.717) is 58.1 Å². The maximum atomic E-state index is 12.7. The van der Waals surface area contributed by atoms with E-state index in [1.165, 1.54) is 12.3 Å². The van der Waals surface area contributed by atoms with Crippen molar-refractivity contribution in [2.45, 2.75) is 38.8 Å². The molecule has 0 spiro atoms. The van der Waals surface area contributed by atoms with Crippen molar-refractivity contribution in [1.82, 2.24) is 4.57 Å². The van der Waals surface area contributed by atoms with Crippen molar-refractivity contribution in [3.63, 3.8) is 0 Å². The number of halogens is 2. The molecule has 4 rings (SSSR count). The molecule has 2 aromatic rings. The quantitative estimate of drug-likeness (QED) is 0.747. The minimum atomic E-state index is -2.92. The summed E-state index contributed by atoms with van der Waals surface area (Å²) in [5.41, 5.74) is 2.45. The van der Waals surface area contributed by atoms with Gasteiger partial charge in [-0.2, -0.15) is 14.0 Å². The molecule has 1 aromatic heterocycles. The molecule has 1 fully saturated rings. The average molecular weight is 430 g/mol. The second kappa shape index (κ2) is 8.50. The highest BCUT2D eigenvalue weighted by Crippen LogP contribution is 2.37. The van der Waals surface area contributed by atoms with Crippen LogP contribution in [0, 0.1) is 17.2 Å². The van der Waals surface area contributed by atoms with E-state index in [-0.39, 0.29) is 5.75 Å². The molecule has 1 saturated carbocycles. The molecule has 0 bridgehead atoms. The van der Waals surface area contributed by atoms with Gasteiger partial charge >= 0.3 is 6.61 Å². The third-order valence-corrected chi connectivity index (χ3v) is 5.90. The first-order valence-corrected chi connectivity index (χ1v) is 10.8. The Kier molecular flexibility index (Phi) is 5.79. The summed E-state index contributed by atoms with van der Waals surface area (Å²) in [6.07, 6.45) is 8.41. The van der Waals surface area contributed by atoms with Crippen molar-refractivity contribution in [3.05, 3.63) is 52.7 Å². The van der Waals surface area contributed by atoms with Crippen molar-refractivity contribution in [3.8, 4) is 11.8 Å². The van der Waals surface area contributed by atoms with Gasteiger partial charge in [0, 0.05) is 24.2 Å². The van der Waals surface area contributed by atoms with Crippen LogP contribution in [0.5, 0.6) is 5.75 Å². The minimum absolute atomic E-state index is 0.0475. The Morgan fingerprint density at radius 2 is 2.20 bits per heavy atom. The van der Waals surface area contributed by atoms with Gasteiger partial charge in [-0.15, -0.1) is 0 Å². The highest BCUT2D eigenvalue weighted by atomic mass is 32.2. The molecular formula is C21H20F2N4O2S. The third-order valence-electron chi connectivity index (χ3n) is 5.19. The van der Waals surface area contributed by atoms with Crippen LogP contribution in [-0.2, 0) is 17.5 Å². The molecule has 1 atom stereocenters. The smallest absolute Gasteiger partial charge is 0.387 e. The van der Waals surface area contributed by atoms with Gasteiger partial charge < -0.3 is 9.30 Å². The number of nitrogens with two attached hydrogens (primary N) is 1. The monoisotopic (exact) mass is 430 g/mol. The summed E-state index contributed by atoms with van der Waals surface area (Å²) in [6, 6.07) is 6.90. The summed E-state index contributed by atoms with van der Waals surface area (Å²) in [5, 5.41) is 16.1. The second-order valence-electron chi connectivity index (χ2n) is 7.29. The van der Waals surface area contributed by atoms with Crippen molar-refractivity contribution in [1.29, 1.82) is 5.26 Å². The third kappa shape index (κ3) is 4.20. The normalized spacial score (nSPS) is 17.8. The number of benzene rings is 1. The lowest BCUT2D eigenvalue weighted by Gasteiger charge is -2.14. The van der Waals surface area contributed by atoms with Crippen molar-refractivity contribution in [2.24, 2.45) is 16.0 Å². The Labute approximate surface area is 174 Å². The standard InChI is InChI=1S/C21H20F2N4O2S/c22-21(23)29-14-7-8-16-17(10-24)20(27(19(16)9-14)12-13-5-6-13)18-4-2-1-3-15(11-26-18)30(25)28/h1,3,7-9,11,13,21H,2,4-6,12,25H2. The molecule has 6 nitrogen and oxygen atoms in total. The molecule has 1 aliphatic heterocycles. The fraction of sp³-hybridized carbons (Fsp3) is 0.333. The molecule has 156 valence electrons. The zero-order valence-electron chi connectivity index (χ0n) is 16.1. The lowest BCUT2D eigenvalue weighted by atomic mass is 10.0. The van der Waals surface area contributed by atoms with Gasteiger partial charge in [0.2, 0.25) is 0 Å². The van der Waals surface area contributed by atoms with Crippen molar-refractivity contribution < 1.29 is 17.7 Å². The van der Waals surface area contributed by atoms with Crippen molar-refractivity contribution in [2.75, 3.05) is 0 Å². The molecule has 1 unspecified atom stereocenters. The van der Waals surface area contributed by atoms with E-state index < -0.39 is 17.6 Å². The van der Waals surface area contributed by atoms with Crippen LogP contribution in [0.15, 0.2) is 46.4 Å². The maximum absolute atomic E-state index is 12.7. The highest BCUT2D eigenvalue weighted by molar-refractivity contribution is 7.86. The molecule has 9 heteroatoms. The van der Waals surface area contributed by atoms with Gasteiger partial charge in [0.15, 0.2) is 0 Å². The van der Waals surface area contributed by atoms with Crippen LogP contribution in [0.2, 0.25) is 0 Å². The maximum Gasteiger partial charge on any atom is 0.387 e. The molecule has 1 aromatic carbocycles. The van der Waals surface area contributed by atoms with Crippen LogP contribution in [0.25, 0.3) is 10.9 Å². The number of hydrogen-bond acceptors (Lipinski definition) is 4.